The van der Waals surface area contributed by atoms with Crippen LogP contribution in [-0.2, 0) is 11.3 Å². The van der Waals surface area contributed by atoms with Crippen molar-refractivity contribution in [3.63, 3.8) is 0 Å². The normalized spacial score (nSPS) is 10.8. The summed E-state index contributed by atoms with van der Waals surface area (Å²) in [6.45, 7) is 1.85. The quantitative estimate of drug-likeness (QED) is 0.430. The van der Waals surface area contributed by atoms with Gasteiger partial charge in [-0.25, -0.2) is 0 Å². The number of halogens is 1. The predicted octanol–water partition coefficient (Wildman–Crippen LogP) is 1.01. The van der Waals surface area contributed by atoms with Crippen LogP contribution in [0.4, 0.5) is 5.82 Å². The minimum atomic E-state index is -0.568. The molecule has 0 aliphatic carbocycles. The maximum absolute atomic E-state index is 11.6. The van der Waals surface area contributed by atoms with Crippen molar-refractivity contribution in [2.24, 2.45) is 0 Å². The van der Waals surface area contributed by atoms with Gasteiger partial charge in [-0.2, -0.15) is 4.68 Å². The number of aromatic nitrogens is 2. The fraction of sp³-hybridized carbons (Fsp3) is 0.636. The van der Waals surface area contributed by atoms with Crippen LogP contribution in [0, 0.1) is 10.1 Å². The van der Waals surface area contributed by atoms with E-state index in [1.807, 2.05) is 19.0 Å². The third-order valence-electron chi connectivity index (χ3n) is 2.54. The van der Waals surface area contributed by atoms with Crippen molar-refractivity contribution in [3.05, 3.63) is 20.8 Å². The van der Waals surface area contributed by atoms with Crippen molar-refractivity contribution in [1.82, 2.24) is 20.0 Å². The molecule has 1 heterocycles. The zero-order chi connectivity index (χ0) is 15.1. The van der Waals surface area contributed by atoms with Gasteiger partial charge in [-0.1, -0.05) is 0 Å². The molecule has 1 aromatic rings. The summed E-state index contributed by atoms with van der Waals surface area (Å²) in [5.74, 6) is -0.325. The fourth-order valence-corrected chi connectivity index (χ4v) is 2.01. The van der Waals surface area contributed by atoms with Crippen LogP contribution in [0.5, 0.6) is 0 Å². The van der Waals surface area contributed by atoms with Gasteiger partial charge in [-0.3, -0.25) is 4.79 Å². The number of nitrogens with zero attached hydrogens (tertiary/aromatic N) is 4. The highest BCUT2D eigenvalue weighted by Crippen LogP contribution is 2.21. The van der Waals surface area contributed by atoms with Crippen LogP contribution in [0.3, 0.4) is 0 Å². The summed E-state index contributed by atoms with van der Waals surface area (Å²) >= 11 is 3.06. The first kappa shape index (κ1) is 16.6. The van der Waals surface area contributed by atoms with Crippen LogP contribution in [0.25, 0.3) is 0 Å². The van der Waals surface area contributed by atoms with Gasteiger partial charge in [-0.05, 0) is 47.9 Å². The van der Waals surface area contributed by atoms with E-state index in [0.29, 0.717) is 17.6 Å². The van der Waals surface area contributed by atoms with Gasteiger partial charge in [-0.15, -0.1) is 0 Å². The smallest absolute Gasteiger partial charge is 0.358 e. The summed E-state index contributed by atoms with van der Waals surface area (Å²) in [7, 11) is 3.95. The van der Waals surface area contributed by atoms with Crippen LogP contribution in [0.15, 0.2) is 10.7 Å². The zero-order valence-corrected chi connectivity index (χ0v) is 13.1. The number of amides is 1. The standard InChI is InChI=1S/C11H18BrN5O3/c1-15(2)6-3-5-13-10(18)4-7-16-8-9(12)11(14-16)17(19)20/h8H,3-7H2,1-2H3,(H,13,18). The van der Waals surface area contributed by atoms with Gasteiger partial charge in [0.1, 0.15) is 4.47 Å². The van der Waals surface area contributed by atoms with Crippen molar-refractivity contribution in [3.8, 4) is 0 Å². The molecule has 8 nitrogen and oxygen atoms in total. The molecule has 1 amide bonds. The molecule has 112 valence electrons. The SMILES string of the molecule is CN(C)CCCNC(=O)CCn1cc(Br)c([N+](=O)[O-])n1. The molecule has 0 saturated heterocycles. The summed E-state index contributed by atoms with van der Waals surface area (Å²) in [6, 6.07) is 0. The maximum Gasteiger partial charge on any atom is 0.404 e. The fourth-order valence-electron chi connectivity index (χ4n) is 1.55. The molecule has 0 aliphatic heterocycles. The highest BCUT2D eigenvalue weighted by atomic mass is 79.9. The Labute approximate surface area is 125 Å². The highest BCUT2D eigenvalue weighted by Gasteiger charge is 2.18. The van der Waals surface area contributed by atoms with E-state index in [1.165, 1.54) is 10.9 Å². The summed E-state index contributed by atoms with van der Waals surface area (Å²) < 4.78 is 1.70. The topological polar surface area (TPSA) is 93.3 Å². The number of hydrogen-bond donors (Lipinski definition) is 1. The second-order valence-corrected chi connectivity index (χ2v) is 5.43. The van der Waals surface area contributed by atoms with E-state index in [0.717, 1.165) is 13.0 Å². The summed E-state index contributed by atoms with van der Waals surface area (Å²) in [4.78, 5) is 23.7. The Kier molecular flexibility index (Phi) is 6.59. The monoisotopic (exact) mass is 347 g/mol. The molecule has 0 aromatic carbocycles. The Morgan fingerprint density at radius 1 is 1.60 bits per heavy atom. The molecule has 0 atom stereocenters. The lowest BCUT2D eigenvalue weighted by Crippen LogP contribution is -2.27. The molecule has 0 bridgehead atoms. The number of rotatable bonds is 8. The summed E-state index contributed by atoms with van der Waals surface area (Å²) in [5.41, 5.74) is 0. The van der Waals surface area contributed by atoms with E-state index >= 15 is 0 Å². The number of carbonyl (C=O) groups excluding carboxylic acids is 1. The Bertz CT molecular complexity index is 475. The molecule has 0 unspecified atom stereocenters. The molecule has 1 rings (SSSR count). The van der Waals surface area contributed by atoms with E-state index in [1.54, 1.807) is 0 Å². The van der Waals surface area contributed by atoms with E-state index in [-0.39, 0.29) is 18.1 Å². The van der Waals surface area contributed by atoms with Gasteiger partial charge >= 0.3 is 5.82 Å². The van der Waals surface area contributed by atoms with Crippen LogP contribution >= 0.6 is 15.9 Å². The first-order valence-electron chi connectivity index (χ1n) is 6.19. The average molecular weight is 348 g/mol. The molecule has 0 radical (unpaired) electrons. The lowest BCUT2D eigenvalue weighted by atomic mass is 10.3. The van der Waals surface area contributed by atoms with Crippen LogP contribution in [0.2, 0.25) is 0 Å². The lowest BCUT2D eigenvalue weighted by molar-refractivity contribution is -0.390. The molecular formula is C11H18BrN5O3. The molecule has 0 saturated carbocycles. The first-order valence-corrected chi connectivity index (χ1v) is 6.98. The second-order valence-electron chi connectivity index (χ2n) is 4.58. The number of aryl methyl sites for hydroxylation is 1. The Morgan fingerprint density at radius 2 is 2.30 bits per heavy atom. The van der Waals surface area contributed by atoms with Gasteiger partial charge < -0.3 is 20.3 Å². The molecule has 1 aromatic heterocycles. The highest BCUT2D eigenvalue weighted by molar-refractivity contribution is 9.10. The van der Waals surface area contributed by atoms with Crippen molar-refractivity contribution >= 4 is 27.7 Å². The van der Waals surface area contributed by atoms with Gasteiger partial charge in [0.15, 0.2) is 0 Å². The minimum absolute atomic E-state index is 0.0852. The molecule has 0 fully saturated rings. The molecule has 0 aliphatic rings. The summed E-state index contributed by atoms with van der Waals surface area (Å²) in [6.07, 6.45) is 2.63. The van der Waals surface area contributed by atoms with Crippen molar-refractivity contribution < 1.29 is 9.72 Å². The van der Waals surface area contributed by atoms with Gasteiger partial charge in [0.05, 0.1) is 17.8 Å². The number of carbonyl (C=O) groups is 1. The number of hydrogen-bond acceptors (Lipinski definition) is 5. The first-order chi connectivity index (χ1) is 9.40. The molecular weight excluding hydrogens is 330 g/mol. The summed E-state index contributed by atoms with van der Waals surface area (Å²) in [5, 5.41) is 17.2. The molecule has 0 spiro atoms. The third-order valence-corrected chi connectivity index (χ3v) is 3.10. The average Bonchev–Trinajstić information content (AvgIpc) is 2.73. The van der Waals surface area contributed by atoms with E-state index < -0.39 is 4.92 Å². The van der Waals surface area contributed by atoms with Gasteiger partial charge in [0.2, 0.25) is 5.91 Å². The van der Waals surface area contributed by atoms with Gasteiger partial charge in [0, 0.05) is 13.0 Å². The van der Waals surface area contributed by atoms with E-state index in [9.17, 15) is 14.9 Å². The van der Waals surface area contributed by atoms with Gasteiger partial charge in [0.25, 0.3) is 0 Å². The molecule has 20 heavy (non-hydrogen) atoms. The lowest BCUT2D eigenvalue weighted by Gasteiger charge is -2.09. The zero-order valence-electron chi connectivity index (χ0n) is 11.5. The largest absolute Gasteiger partial charge is 0.404 e. The predicted molar refractivity (Wildman–Crippen MR) is 77.4 cm³/mol. The second kappa shape index (κ2) is 7.95. The number of nitro groups is 1. The van der Waals surface area contributed by atoms with E-state index in [4.69, 9.17) is 0 Å². The van der Waals surface area contributed by atoms with Crippen molar-refractivity contribution in [2.75, 3.05) is 27.2 Å². The Morgan fingerprint density at radius 3 is 2.85 bits per heavy atom. The minimum Gasteiger partial charge on any atom is -0.358 e. The van der Waals surface area contributed by atoms with Crippen molar-refractivity contribution in [2.45, 2.75) is 19.4 Å². The molecule has 1 N–H and O–H groups in total. The molecule has 9 heteroatoms. The maximum atomic E-state index is 11.6. The Hall–Kier alpha value is -1.48. The third kappa shape index (κ3) is 5.66. The Balaban J connectivity index is 2.30. The van der Waals surface area contributed by atoms with E-state index in [2.05, 4.69) is 26.3 Å². The number of nitrogens with one attached hydrogen (secondary N) is 1. The van der Waals surface area contributed by atoms with Crippen LogP contribution < -0.4 is 5.32 Å². The van der Waals surface area contributed by atoms with Crippen molar-refractivity contribution in [1.29, 1.82) is 0 Å². The van der Waals surface area contributed by atoms with Crippen LogP contribution in [0.1, 0.15) is 12.8 Å². The van der Waals surface area contributed by atoms with Crippen LogP contribution in [-0.4, -0.2) is 52.7 Å².